The van der Waals surface area contributed by atoms with Crippen LogP contribution in [-0.2, 0) is 4.79 Å². The lowest BCUT2D eigenvalue weighted by molar-refractivity contribution is -0.132. The molecule has 0 aromatic carbocycles. The average Bonchev–Trinajstić information content (AvgIpc) is 3.40. The van der Waals surface area contributed by atoms with Crippen LogP contribution in [0.1, 0.15) is 31.7 Å². The van der Waals surface area contributed by atoms with Crippen LogP contribution >= 0.6 is 0 Å². The monoisotopic (exact) mass is 288 g/mol. The van der Waals surface area contributed by atoms with Crippen molar-refractivity contribution in [1.82, 2.24) is 14.5 Å². The Morgan fingerprint density at radius 2 is 1.81 bits per heavy atom. The molecule has 112 valence electrons. The second kappa shape index (κ2) is 4.86. The molecule has 3 fully saturated rings. The number of nitrogens with zero attached hydrogens (tertiary/aromatic N) is 4. The average molecular weight is 288 g/mol. The van der Waals surface area contributed by atoms with Gasteiger partial charge in [-0.2, -0.15) is 0 Å². The summed E-state index contributed by atoms with van der Waals surface area (Å²) in [6.07, 6.45) is 7.78. The largest absolute Gasteiger partial charge is 0.348 e. The fourth-order valence-corrected chi connectivity index (χ4v) is 3.00. The topological polar surface area (TPSA) is 58.4 Å². The number of hydrogen-bond acceptors (Lipinski definition) is 4. The molecule has 4 rings (SSSR count). The molecule has 0 unspecified atom stereocenters. The molecule has 1 saturated heterocycles. The SMILES string of the molecule is O=C(C1CC1)N1CCN(c2nccn(C3CC3)c2=O)CC1. The molecule has 2 aliphatic carbocycles. The highest BCUT2D eigenvalue weighted by Crippen LogP contribution is 2.33. The van der Waals surface area contributed by atoms with E-state index in [0.29, 0.717) is 43.9 Å². The molecule has 2 saturated carbocycles. The third-order valence-electron chi connectivity index (χ3n) is 4.61. The molecule has 0 N–H and O–H groups in total. The van der Waals surface area contributed by atoms with Gasteiger partial charge in [0.1, 0.15) is 0 Å². The lowest BCUT2D eigenvalue weighted by Gasteiger charge is -2.35. The summed E-state index contributed by atoms with van der Waals surface area (Å²) in [5, 5.41) is 0. The van der Waals surface area contributed by atoms with Crippen molar-refractivity contribution in [2.24, 2.45) is 5.92 Å². The van der Waals surface area contributed by atoms with Crippen molar-refractivity contribution in [2.45, 2.75) is 31.7 Å². The number of carbonyl (C=O) groups is 1. The Bertz CT molecular complexity index is 610. The van der Waals surface area contributed by atoms with Crippen molar-refractivity contribution in [3.8, 4) is 0 Å². The minimum atomic E-state index is 0.0157. The van der Waals surface area contributed by atoms with Crippen molar-refractivity contribution in [1.29, 1.82) is 0 Å². The molecule has 6 nitrogen and oxygen atoms in total. The van der Waals surface area contributed by atoms with Crippen LogP contribution in [0.2, 0.25) is 0 Å². The highest BCUT2D eigenvalue weighted by Gasteiger charge is 2.35. The van der Waals surface area contributed by atoms with Gasteiger partial charge < -0.3 is 14.4 Å². The van der Waals surface area contributed by atoms with Crippen LogP contribution in [0.4, 0.5) is 5.82 Å². The molecule has 0 spiro atoms. The maximum absolute atomic E-state index is 12.5. The van der Waals surface area contributed by atoms with Crippen molar-refractivity contribution in [3.05, 3.63) is 22.7 Å². The van der Waals surface area contributed by atoms with Gasteiger partial charge in [-0.25, -0.2) is 4.98 Å². The minimum Gasteiger partial charge on any atom is -0.348 e. The van der Waals surface area contributed by atoms with Gasteiger partial charge >= 0.3 is 0 Å². The zero-order chi connectivity index (χ0) is 14.4. The smallest absolute Gasteiger partial charge is 0.293 e. The predicted octanol–water partition coefficient (Wildman–Crippen LogP) is 0.637. The van der Waals surface area contributed by atoms with Gasteiger partial charge in [-0.1, -0.05) is 0 Å². The first kappa shape index (κ1) is 12.9. The summed E-state index contributed by atoms with van der Waals surface area (Å²) in [4.78, 5) is 32.8. The van der Waals surface area contributed by atoms with Crippen molar-refractivity contribution in [3.63, 3.8) is 0 Å². The maximum atomic E-state index is 12.5. The summed E-state index contributed by atoms with van der Waals surface area (Å²) in [6.45, 7) is 2.81. The number of hydrogen-bond donors (Lipinski definition) is 0. The Balaban J connectivity index is 1.47. The van der Waals surface area contributed by atoms with Gasteiger partial charge in [-0.3, -0.25) is 9.59 Å². The third kappa shape index (κ3) is 2.43. The molecule has 0 radical (unpaired) electrons. The highest BCUT2D eigenvalue weighted by atomic mass is 16.2. The van der Waals surface area contributed by atoms with E-state index in [1.165, 1.54) is 0 Å². The summed E-state index contributed by atoms with van der Waals surface area (Å²) in [5.74, 6) is 1.12. The van der Waals surface area contributed by atoms with Crippen molar-refractivity contribution in [2.75, 3.05) is 31.1 Å². The Morgan fingerprint density at radius 1 is 1.10 bits per heavy atom. The van der Waals surface area contributed by atoms with E-state index in [4.69, 9.17) is 0 Å². The maximum Gasteiger partial charge on any atom is 0.293 e. The van der Waals surface area contributed by atoms with Gasteiger partial charge in [0.15, 0.2) is 5.82 Å². The van der Waals surface area contributed by atoms with Crippen LogP contribution in [0.15, 0.2) is 17.2 Å². The van der Waals surface area contributed by atoms with Gasteiger partial charge in [0.25, 0.3) is 5.56 Å². The summed E-state index contributed by atoms with van der Waals surface area (Å²) in [6, 6.07) is 0.372. The lowest BCUT2D eigenvalue weighted by atomic mass is 10.2. The van der Waals surface area contributed by atoms with Gasteiger partial charge in [0.2, 0.25) is 5.91 Å². The zero-order valence-electron chi connectivity index (χ0n) is 12.1. The molecule has 1 amide bonds. The molecule has 6 heteroatoms. The Kier molecular flexibility index (Phi) is 2.97. The summed E-state index contributed by atoms with van der Waals surface area (Å²) in [7, 11) is 0. The van der Waals surface area contributed by atoms with E-state index in [0.717, 1.165) is 25.7 Å². The summed E-state index contributed by atoms with van der Waals surface area (Å²) in [5.41, 5.74) is 0.0157. The number of amides is 1. The van der Waals surface area contributed by atoms with Crippen molar-refractivity contribution >= 4 is 11.7 Å². The predicted molar refractivity (Wildman–Crippen MR) is 78.3 cm³/mol. The fourth-order valence-electron chi connectivity index (χ4n) is 3.00. The molecule has 3 aliphatic rings. The van der Waals surface area contributed by atoms with Crippen LogP contribution in [0, 0.1) is 5.92 Å². The molecule has 0 atom stereocenters. The number of piperazine rings is 1. The number of anilines is 1. The van der Waals surface area contributed by atoms with Crippen LogP contribution < -0.4 is 10.5 Å². The highest BCUT2D eigenvalue weighted by molar-refractivity contribution is 5.81. The van der Waals surface area contributed by atoms with E-state index in [1.54, 1.807) is 12.4 Å². The molecular weight excluding hydrogens is 268 g/mol. The second-order valence-electron chi connectivity index (χ2n) is 6.28. The fraction of sp³-hybridized carbons (Fsp3) is 0.667. The second-order valence-corrected chi connectivity index (χ2v) is 6.28. The standard InChI is InChI=1S/C15H20N4O2/c20-14(11-1-2-11)18-9-7-17(8-10-18)13-15(21)19(6-5-16-13)12-3-4-12/h5-6,11-12H,1-4,7-10H2. The first-order valence-corrected chi connectivity index (χ1v) is 7.85. The van der Waals surface area contributed by atoms with Crippen LogP contribution in [0.5, 0.6) is 0 Å². The summed E-state index contributed by atoms with van der Waals surface area (Å²) >= 11 is 0. The third-order valence-corrected chi connectivity index (χ3v) is 4.61. The summed E-state index contributed by atoms with van der Waals surface area (Å²) < 4.78 is 1.81. The molecular formula is C15H20N4O2. The molecule has 21 heavy (non-hydrogen) atoms. The Hall–Kier alpha value is -1.85. The first-order chi connectivity index (χ1) is 10.2. The Morgan fingerprint density at radius 3 is 2.43 bits per heavy atom. The lowest BCUT2D eigenvalue weighted by Crippen LogP contribution is -2.51. The van der Waals surface area contributed by atoms with Crippen LogP contribution in [0.3, 0.4) is 0 Å². The molecule has 2 heterocycles. The molecule has 1 aromatic rings. The van der Waals surface area contributed by atoms with E-state index in [9.17, 15) is 9.59 Å². The van der Waals surface area contributed by atoms with E-state index < -0.39 is 0 Å². The quantitative estimate of drug-likeness (QED) is 0.819. The van der Waals surface area contributed by atoms with E-state index >= 15 is 0 Å². The molecule has 1 aromatic heterocycles. The van der Waals surface area contributed by atoms with Crippen molar-refractivity contribution < 1.29 is 4.79 Å². The van der Waals surface area contributed by atoms with E-state index in [2.05, 4.69) is 4.98 Å². The van der Waals surface area contributed by atoms with Gasteiger partial charge in [0, 0.05) is 50.5 Å². The Labute approximate surface area is 123 Å². The van der Waals surface area contributed by atoms with Gasteiger partial charge in [-0.15, -0.1) is 0 Å². The zero-order valence-corrected chi connectivity index (χ0v) is 12.1. The normalized spacial score (nSPS) is 22.5. The van der Waals surface area contributed by atoms with E-state index in [1.807, 2.05) is 14.4 Å². The molecule has 1 aliphatic heterocycles. The van der Waals surface area contributed by atoms with Gasteiger partial charge in [-0.05, 0) is 25.7 Å². The molecule has 0 bridgehead atoms. The minimum absolute atomic E-state index is 0.0157. The number of aromatic nitrogens is 2. The van der Waals surface area contributed by atoms with Gasteiger partial charge in [0.05, 0.1) is 0 Å². The van der Waals surface area contributed by atoms with E-state index in [-0.39, 0.29) is 11.5 Å². The van der Waals surface area contributed by atoms with Crippen LogP contribution in [-0.4, -0.2) is 46.5 Å². The number of carbonyl (C=O) groups excluding carboxylic acids is 1. The van der Waals surface area contributed by atoms with Crippen LogP contribution in [0.25, 0.3) is 0 Å². The first-order valence-electron chi connectivity index (χ1n) is 7.85. The number of rotatable bonds is 3.